The van der Waals surface area contributed by atoms with Gasteiger partial charge in [-0.05, 0) is 18.1 Å². The van der Waals surface area contributed by atoms with Gasteiger partial charge in [0.05, 0.1) is 6.20 Å². The van der Waals surface area contributed by atoms with Crippen molar-refractivity contribution in [3.05, 3.63) is 48.4 Å². The molecular formula is C15H16N4O2. The second-order valence-corrected chi connectivity index (χ2v) is 4.52. The van der Waals surface area contributed by atoms with Crippen LogP contribution in [0.2, 0.25) is 0 Å². The molecule has 6 heteroatoms. The van der Waals surface area contributed by atoms with E-state index in [0.717, 1.165) is 5.56 Å². The number of anilines is 1. The molecular weight excluding hydrogens is 268 g/mol. The van der Waals surface area contributed by atoms with E-state index >= 15 is 0 Å². The van der Waals surface area contributed by atoms with Gasteiger partial charge in [0.15, 0.2) is 0 Å². The Kier molecular flexibility index (Phi) is 3.70. The summed E-state index contributed by atoms with van der Waals surface area (Å²) in [6, 6.07) is 7.59. The molecule has 6 nitrogen and oxygen atoms in total. The summed E-state index contributed by atoms with van der Waals surface area (Å²) in [5.41, 5.74) is 1.58. The Hall–Kier alpha value is -2.60. The summed E-state index contributed by atoms with van der Waals surface area (Å²) in [6.45, 7) is 0.0726. The van der Waals surface area contributed by atoms with Crippen molar-refractivity contribution < 1.29 is 9.84 Å². The van der Waals surface area contributed by atoms with Gasteiger partial charge < -0.3 is 15.2 Å². The molecule has 2 aromatic heterocycles. The van der Waals surface area contributed by atoms with E-state index in [-0.39, 0.29) is 6.61 Å². The van der Waals surface area contributed by atoms with Gasteiger partial charge >= 0.3 is 0 Å². The Balaban J connectivity index is 2.03. The van der Waals surface area contributed by atoms with E-state index in [1.807, 2.05) is 41.1 Å². The zero-order valence-corrected chi connectivity index (χ0v) is 11.7. The van der Waals surface area contributed by atoms with Crippen LogP contribution in [0.1, 0.15) is 5.56 Å². The lowest BCUT2D eigenvalue weighted by atomic mass is 10.1. The third-order valence-electron chi connectivity index (χ3n) is 3.16. The molecule has 0 bridgehead atoms. The van der Waals surface area contributed by atoms with Crippen molar-refractivity contribution in [1.29, 1.82) is 0 Å². The van der Waals surface area contributed by atoms with E-state index in [9.17, 15) is 0 Å². The standard InChI is InChI=1S/C15H16N4O2/c1-16-13-10-19-8-7-17-14(19)15(18-13)21-12-5-3-2-4-11(12)6-9-20/h2-5,7-8,10,16,20H,6,9H2,1H3. The average molecular weight is 284 g/mol. The predicted octanol–water partition coefficient (Wildman–Crippen LogP) is 2.10. The van der Waals surface area contributed by atoms with Crippen molar-refractivity contribution in [2.24, 2.45) is 0 Å². The number of ether oxygens (including phenoxy) is 1. The van der Waals surface area contributed by atoms with Crippen LogP contribution in [0.3, 0.4) is 0 Å². The van der Waals surface area contributed by atoms with Crippen LogP contribution in [0.5, 0.6) is 11.6 Å². The van der Waals surface area contributed by atoms with E-state index in [0.29, 0.717) is 29.5 Å². The minimum atomic E-state index is 0.0726. The molecule has 3 rings (SSSR count). The van der Waals surface area contributed by atoms with Crippen LogP contribution >= 0.6 is 0 Å². The molecule has 2 N–H and O–H groups in total. The van der Waals surface area contributed by atoms with Crippen molar-refractivity contribution in [3.63, 3.8) is 0 Å². The van der Waals surface area contributed by atoms with Crippen molar-refractivity contribution in [3.8, 4) is 11.6 Å². The zero-order chi connectivity index (χ0) is 14.7. The highest BCUT2D eigenvalue weighted by Crippen LogP contribution is 2.27. The molecule has 0 unspecified atom stereocenters. The van der Waals surface area contributed by atoms with Crippen LogP contribution in [0.15, 0.2) is 42.9 Å². The number of rotatable bonds is 5. The summed E-state index contributed by atoms with van der Waals surface area (Å²) in [5, 5.41) is 12.1. The fraction of sp³-hybridized carbons (Fsp3) is 0.200. The molecule has 21 heavy (non-hydrogen) atoms. The molecule has 0 fully saturated rings. The van der Waals surface area contributed by atoms with Crippen LogP contribution in [0, 0.1) is 0 Å². The molecule has 2 heterocycles. The molecule has 1 aromatic carbocycles. The highest BCUT2D eigenvalue weighted by atomic mass is 16.5. The third-order valence-corrected chi connectivity index (χ3v) is 3.16. The first-order chi connectivity index (χ1) is 10.3. The topological polar surface area (TPSA) is 71.7 Å². The maximum Gasteiger partial charge on any atom is 0.265 e. The van der Waals surface area contributed by atoms with Crippen LogP contribution in [0.4, 0.5) is 5.82 Å². The van der Waals surface area contributed by atoms with Crippen LogP contribution < -0.4 is 10.1 Å². The van der Waals surface area contributed by atoms with Crippen LogP contribution in [0.25, 0.3) is 5.65 Å². The van der Waals surface area contributed by atoms with E-state index in [2.05, 4.69) is 15.3 Å². The first-order valence-electron chi connectivity index (χ1n) is 6.70. The van der Waals surface area contributed by atoms with Gasteiger partial charge in [0, 0.05) is 26.0 Å². The van der Waals surface area contributed by atoms with Gasteiger partial charge in [-0.2, -0.15) is 4.98 Å². The second kappa shape index (κ2) is 5.80. The number of aromatic nitrogens is 3. The lowest BCUT2D eigenvalue weighted by Crippen LogP contribution is -2.01. The molecule has 0 spiro atoms. The number of hydrogen-bond acceptors (Lipinski definition) is 5. The number of aliphatic hydroxyl groups excluding tert-OH is 1. The fourth-order valence-corrected chi connectivity index (χ4v) is 2.13. The van der Waals surface area contributed by atoms with Gasteiger partial charge in [-0.25, -0.2) is 4.98 Å². The largest absolute Gasteiger partial charge is 0.436 e. The van der Waals surface area contributed by atoms with Gasteiger partial charge in [-0.15, -0.1) is 0 Å². The molecule has 0 saturated heterocycles. The number of aliphatic hydroxyl groups is 1. The first-order valence-corrected chi connectivity index (χ1v) is 6.70. The number of hydrogen-bond donors (Lipinski definition) is 2. The zero-order valence-electron chi connectivity index (χ0n) is 11.7. The van der Waals surface area contributed by atoms with E-state index < -0.39 is 0 Å². The number of nitrogens with one attached hydrogen (secondary N) is 1. The minimum absolute atomic E-state index is 0.0726. The number of benzene rings is 1. The minimum Gasteiger partial charge on any atom is -0.436 e. The monoisotopic (exact) mass is 284 g/mol. The van der Waals surface area contributed by atoms with E-state index in [1.165, 1.54) is 0 Å². The molecule has 0 amide bonds. The SMILES string of the molecule is CNc1cn2ccnc2c(Oc2ccccc2CCO)n1. The average Bonchev–Trinajstić information content (AvgIpc) is 2.98. The summed E-state index contributed by atoms with van der Waals surface area (Å²) in [4.78, 5) is 8.67. The lowest BCUT2D eigenvalue weighted by molar-refractivity contribution is 0.297. The van der Waals surface area contributed by atoms with Gasteiger partial charge in [0.1, 0.15) is 11.6 Å². The summed E-state index contributed by atoms with van der Waals surface area (Å²) in [6.07, 6.45) is 5.91. The smallest absolute Gasteiger partial charge is 0.265 e. The summed E-state index contributed by atoms with van der Waals surface area (Å²) in [7, 11) is 1.80. The fourth-order valence-electron chi connectivity index (χ4n) is 2.13. The number of para-hydroxylation sites is 1. The van der Waals surface area contributed by atoms with Crippen molar-refractivity contribution in [2.45, 2.75) is 6.42 Å². The Bertz CT molecular complexity index is 754. The highest BCUT2D eigenvalue weighted by Gasteiger charge is 2.11. The molecule has 0 aliphatic carbocycles. The van der Waals surface area contributed by atoms with Crippen LogP contribution in [-0.2, 0) is 6.42 Å². The maximum atomic E-state index is 9.13. The van der Waals surface area contributed by atoms with E-state index in [1.54, 1.807) is 13.2 Å². The third kappa shape index (κ3) is 2.66. The molecule has 0 atom stereocenters. The Morgan fingerprint density at radius 2 is 2.19 bits per heavy atom. The molecule has 3 aromatic rings. The first kappa shape index (κ1) is 13.4. The molecule has 0 aliphatic heterocycles. The Labute approximate surface area is 122 Å². The number of fused-ring (bicyclic) bond motifs is 1. The Morgan fingerprint density at radius 3 is 3.00 bits per heavy atom. The van der Waals surface area contributed by atoms with Gasteiger partial charge in [0.2, 0.25) is 5.65 Å². The lowest BCUT2D eigenvalue weighted by Gasteiger charge is -2.11. The molecule has 108 valence electrons. The molecule has 0 saturated carbocycles. The van der Waals surface area contributed by atoms with Crippen molar-refractivity contribution in [1.82, 2.24) is 14.4 Å². The van der Waals surface area contributed by atoms with Gasteiger partial charge in [0.25, 0.3) is 5.88 Å². The summed E-state index contributed by atoms with van der Waals surface area (Å²) in [5.74, 6) is 1.80. The summed E-state index contributed by atoms with van der Waals surface area (Å²) < 4.78 is 7.78. The maximum absolute atomic E-state index is 9.13. The van der Waals surface area contributed by atoms with E-state index in [4.69, 9.17) is 9.84 Å². The van der Waals surface area contributed by atoms with Gasteiger partial charge in [-0.3, -0.25) is 4.40 Å². The van der Waals surface area contributed by atoms with Gasteiger partial charge in [-0.1, -0.05) is 18.2 Å². The number of nitrogens with zero attached hydrogens (tertiary/aromatic N) is 3. The predicted molar refractivity (Wildman–Crippen MR) is 79.8 cm³/mol. The highest BCUT2D eigenvalue weighted by molar-refractivity contribution is 5.55. The van der Waals surface area contributed by atoms with Crippen molar-refractivity contribution in [2.75, 3.05) is 19.0 Å². The normalized spacial score (nSPS) is 10.8. The Morgan fingerprint density at radius 1 is 1.33 bits per heavy atom. The quantitative estimate of drug-likeness (QED) is 0.750. The molecule has 0 radical (unpaired) electrons. The second-order valence-electron chi connectivity index (χ2n) is 4.52. The van der Waals surface area contributed by atoms with Crippen molar-refractivity contribution >= 4 is 11.5 Å². The molecule has 0 aliphatic rings. The number of imidazole rings is 1. The summed E-state index contributed by atoms with van der Waals surface area (Å²) >= 11 is 0. The van der Waals surface area contributed by atoms with Crippen LogP contribution in [-0.4, -0.2) is 33.1 Å².